The van der Waals surface area contributed by atoms with Gasteiger partial charge in [0.2, 0.25) is 5.91 Å². The van der Waals surface area contributed by atoms with Gasteiger partial charge in [-0.3, -0.25) is 9.69 Å². The summed E-state index contributed by atoms with van der Waals surface area (Å²) in [6, 6.07) is 0. The molecule has 1 fully saturated rings. The number of likely N-dealkylation sites (N-methyl/N-ethyl adjacent to an activating group) is 1. The third kappa shape index (κ3) is 3.74. The highest BCUT2D eigenvalue weighted by Gasteiger charge is 2.18. The molecule has 0 saturated carbocycles. The first-order valence-corrected chi connectivity index (χ1v) is 6.74. The Bertz CT molecular complexity index is 412. The molecule has 0 aliphatic carbocycles. The normalized spacial score (nSPS) is 16.1. The Labute approximate surface area is 113 Å². The van der Waals surface area contributed by atoms with Gasteiger partial charge in [-0.1, -0.05) is 0 Å². The van der Waals surface area contributed by atoms with Crippen molar-refractivity contribution in [2.24, 2.45) is 0 Å². The number of hydrogen-bond donors (Lipinski definition) is 1. The lowest BCUT2D eigenvalue weighted by molar-refractivity contribution is -0.132. The maximum atomic E-state index is 12.1. The fourth-order valence-corrected chi connectivity index (χ4v) is 2.22. The molecule has 1 saturated heterocycles. The summed E-state index contributed by atoms with van der Waals surface area (Å²) >= 11 is 0. The summed E-state index contributed by atoms with van der Waals surface area (Å²) in [4.78, 5) is 20.2. The predicted octanol–water partition coefficient (Wildman–Crippen LogP) is -0.838. The van der Waals surface area contributed by atoms with Crippen molar-refractivity contribution in [3.63, 3.8) is 0 Å². The largest absolute Gasteiger partial charge is 0.339 e. The van der Waals surface area contributed by atoms with Crippen molar-refractivity contribution < 1.29 is 4.79 Å². The molecule has 106 valence electrons. The molecule has 0 atom stereocenters. The molecule has 1 aromatic rings. The summed E-state index contributed by atoms with van der Waals surface area (Å²) in [5.41, 5.74) is 0. The molecular formula is C12H22N6O. The molecule has 19 heavy (non-hydrogen) atoms. The second kappa shape index (κ2) is 6.63. The Morgan fingerprint density at radius 2 is 2.21 bits per heavy atom. The molecule has 1 aromatic heterocycles. The zero-order valence-electron chi connectivity index (χ0n) is 11.7. The molecule has 0 bridgehead atoms. The van der Waals surface area contributed by atoms with Crippen molar-refractivity contribution in [3.05, 3.63) is 12.2 Å². The van der Waals surface area contributed by atoms with E-state index in [1.54, 1.807) is 6.33 Å². The lowest BCUT2D eigenvalue weighted by Crippen LogP contribution is -2.49. The Hall–Kier alpha value is -1.47. The molecule has 0 unspecified atom stereocenters. The number of rotatable bonds is 5. The van der Waals surface area contributed by atoms with E-state index in [0.717, 1.165) is 38.5 Å². The number of carbonyl (C=O) groups is 1. The van der Waals surface area contributed by atoms with E-state index in [4.69, 9.17) is 0 Å². The monoisotopic (exact) mass is 266 g/mol. The molecule has 1 N–H and O–H groups in total. The molecule has 7 heteroatoms. The van der Waals surface area contributed by atoms with Crippen LogP contribution < -0.4 is 5.32 Å². The fraction of sp³-hybridized carbons (Fsp3) is 0.750. The van der Waals surface area contributed by atoms with E-state index in [1.165, 1.54) is 0 Å². The van der Waals surface area contributed by atoms with Crippen LogP contribution in [-0.4, -0.2) is 70.2 Å². The zero-order valence-corrected chi connectivity index (χ0v) is 11.7. The SMILES string of the molecule is CCn1ncnc1CN(C)CC(=O)N1CCNCC1. The Morgan fingerprint density at radius 1 is 1.47 bits per heavy atom. The van der Waals surface area contributed by atoms with Crippen molar-refractivity contribution >= 4 is 5.91 Å². The Kier molecular flexibility index (Phi) is 4.86. The van der Waals surface area contributed by atoms with Gasteiger partial charge in [-0.05, 0) is 14.0 Å². The first-order chi connectivity index (χ1) is 9.20. The summed E-state index contributed by atoms with van der Waals surface area (Å²) in [5.74, 6) is 1.09. The maximum Gasteiger partial charge on any atom is 0.236 e. The highest BCUT2D eigenvalue weighted by Crippen LogP contribution is 2.01. The molecular weight excluding hydrogens is 244 g/mol. The van der Waals surface area contributed by atoms with Gasteiger partial charge in [0, 0.05) is 32.7 Å². The molecule has 0 spiro atoms. The van der Waals surface area contributed by atoms with Crippen LogP contribution in [0.15, 0.2) is 6.33 Å². The second-order valence-electron chi connectivity index (χ2n) is 4.80. The molecule has 0 aromatic carbocycles. The molecule has 2 heterocycles. The molecule has 1 aliphatic heterocycles. The third-order valence-electron chi connectivity index (χ3n) is 3.28. The summed E-state index contributed by atoms with van der Waals surface area (Å²) in [5, 5.41) is 7.38. The van der Waals surface area contributed by atoms with Crippen LogP contribution in [0.2, 0.25) is 0 Å². The van der Waals surface area contributed by atoms with Crippen LogP contribution in [0.3, 0.4) is 0 Å². The minimum absolute atomic E-state index is 0.187. The van der Waals surface area contributed by atoms with Gasteiger partial charge in [0.1, 0.15) is 12.2 Å². The summed E-state index contributed by atoms with van der Waals surface area (Å²) in [6.07, 6.45) is 1.56. The average Bonchev–Trinajstić information content (AvgIpc) is 2.86. The number of nitrogens with one attached hydrogen (secondary N) is 1. The average molecular weight is 266 g/mol. The minimum Gasteiger partial charge on any atom is -0.339 e. The minimum atomic E-state index is 0.187. The summed E-state index contributed by atoms with van der Waals surface area (Å²) in [7, 11) is 1.94. The summed E-state index contributed by atoms with van der Waals surface area (Å²) in [6.45, 7) is 7.29. The van der Waals surface area contributed by atoms with Gasteiger partial charge in [-0.15, -0.1) is 0 Å². The van der Waals surface area contributed by atoms with Crippen LogP contribution >= 0.6 is 0 Å². The van der Waals surface area contributed by atoms with Crippen molar-refractivity contribution in [1.29, 1.82) is 0 Å². The van der Waals surface area contributed by atoms with E-state index in [1.807, 2.05) is 28.5 Å². The molecule has 7 nitrogen and oxygen atoms in total. The smallest absolute Gasteiger partial charge is 0.236 e. The van der Waals surface area contributed by atoms with Gasteiger partial charge < -0.3 is 10.2 Å². The number of amides is 1. The van der Waals surface area contributed by atoms with E-state index in [9.17, 15) is 4.79 Å². The predicted molar refractivity (Wildman–Crippen MR) is 71.5 cm³/mol. The van der Waals surface area contributed by atoms with Crippen LogP contribution in [0.5, 0.6) is 0 Å². The Morgan fingerprint density at radius 3 is 2.89 bits per heavy atom. The van der Waals surface area contributed by atoms with Crippen molar-refractivity contribution in [2.75, 3.05) is 39.8 Å². The second-order valence-corrected chi connectivity index (χ2v) is 4.80. The first kappa shape index (κ1) is 14.0. The maximum absolute atomic E-state index is 12.1. The third-order valence-corrected chi connectivity index (χ3v) is 3.28. The van der Waals surface area contributed by atoms with E-state index in [-0.39, 0.29) is 5.91 Å². The van der Waals surface area contributed by atoms with Gasteiger partial charge >= 0.3 is 0 Å². The van der Waals surface area contributed by atoms with Gasteiger partial charge in [0.15, 0.2) is 0 Å². The van der Waals surface area contributed by atoms with Gasteiger partial charge in [0.25, 0.3) is 0 Å². The number of nitrogens with zero attached hydrogens (tertiary/aromatic N) is 5. The highest BCUT2D eigenvalue weighted by atomic mass is 16.2. The van der Waals surface area contributed by atoms with Crippen molar-refractivity contribution in [2.45, 2.75) is 20.0 Å². The van der Waals surface area contributed by atoms with Gasteiger partial charge in [-0.25, -0.2) is 9.67 Å². The molecule has 2 rings (SSSR count). The number of aromatic nitrogens is 3. The molecule has 1 amide bonds. The van der Waals surface area contributed by atoms with Gasteiger partial charge in [0.05, 0.1) is 13.1 Å². The zero-order chi connectivity index (χ0) is 13.7. The van der Waals surface area contributed by atoms with Crippen LogP contribution in [0.1, 0.15) is 12.7 Å². The fourth-order valence-electron chi connectivity index (χ4n) is 2.22. The van der Waals surface area contributed by atoms with Crippen LogP contribution in [-0.2, 0) is 17.9 Å². The number of aryl methyl sites for hydroxylation is 1. The lowest BCUT2D eigenvalue weighted by atomic mass is 10.3. The topological polar surface area (TPSA) is 66.3 Å². The number of hydrogen-bond acceptors (Lipinski definition) is 5. The van der Waals surface area contributed by atoms with E-state index < -0.39 is 0 Å². The lowest BCUT2D eigenvalue weighted by Gasteiger charge is -2.29. The molecule has 1 aliphatic rings. The van der Waals surface area contributed by atoms with Crippen LogP contribution in [0.4, 0.5) is 0 Å². The van der Waals surface area contributed by atoms with E-state index in [2.05, 4.69) is 15.4 Å². The molecule has 0 radical (unpaired) electrons. The first-order valence-electron chi connectivity index (χ1n) is 6.74. The Balaban J connectivity index is 1.83. The van der Waals surface area contributed by atoms with Gasteiger partial charge in [-0.2, -0.15) is 5.10 Å². The van der Waals surface area contributed by atoms with E-state index in [0.29, 0.717) is 13.1 Å². The standard InChI is InChI=1S/C12H22N6O/c1-3-18-11(14-10-15-18)8-16(2)9-12(19)17-6-4-13-5-7-17/h10,13H,3-9H2,1-2H3. The highest BCUT2D eigenvalue weighted by molar-refractivity contribution is 5.78. The quantitative estimate of drug-likeness (QED) is 0.753. The van der Waals surface area contributed by atoms with Crippen molar-refractivity contribution in [1.82, 2.24) is 29.9 Å². The number of carbonyl (C=O) groups excluding carboxylic acids is 1. The van der Waals surface area contributed by atoms with Crippen molar-refractivity contribution in [3.8, 4) is 0 Å². The van der Waals surface area contributed by atoms with E-state index >= 15 is 0 Å². The van der Waals surface area contributed by atoms with Crippen LogP contribution in [0.25, 0.3) is 0 Å². The number of piperazine rings is 1. The van der Waals surface area contributed by atoms with Crippen LogP contribution in [0, 0.1) is 0 Å². The summed E-state index contributed by atoms with van der Waals surface area (Å²) < 4.78 is 1.85.